The van der Waals surface area contributed by atoms with E-state index in [0.29, 0.717) is 17.0 Å². The fourth-order valence-electron chi connectivity index (χ4n) is 2.50. The highest BCUT2D eigenvalue weighted by Crippen LogP contribution is 2.18. The lowest BCUT2D eigenvalue weighted by Gasteiger charge is -2.22. The van der Waals surface area contributed by atoms with Gasteiger partial charge in [0.2, 0.25) is 5.91 Å². The van der Waals surface area contributed by atoms with E-state index in [2.05, 4.69) is 10.6 Å². The number of hydrogen-bond donors (Lipinski definition) is 2. The number of amides is 2. The summed E-state index contributed by atoms with van der Waals surface area (Å²) in [5, 5.41) is 5.68. The van der Waals surface area contributed by atoms with Gasteiger partial charge in [-0.3, -0.25) is 9.59 Å². The van der Waals surface area contributed by atoms with Gasteiger partial charge in [0, 0.05) is 17.3 Å². The van der Waals surface area contributed by atoms with E-state index in [9.17, 15) is 9.59 Å². The number of carbonyl (C=O) groups is 2. The van der Waals surface area contributed by atoms with E-state index in [0.717, 1.165) is 5.56 Å². The van der Waals surface area contributed by atoms with Crippen LogP contribution >= 0.6 is 0 Å². The van der Waals surface area contributed by atoms with E-state index in [-0.39, 0.29) is 17.7 Å². The first-order chi connectivity index (χ1) is 11.9. The highest BCUT2D eigenvalue weighted by atomic mass is 16.5. The molecule has 0 fully saturated rings. The molecule has 132 valence electrons. The Morgan fingerprint density at radius 3 is 2.40 bits per heavy atom. The maximum absolute atomic E-state index is 12.6. The monoisotopic (exact) mass is 340 g/mol. The smallest absolute Gasteiger partial charge is 0.252 e. The van der Waals surface area contributed by atoms with Crippen LogP contribution in [0.25, 0.3) is 0 Å². The minimum atomic E-state index is -0.640. The molecule has 2 aromatic carbocycles. The summed E-state index contributed by atoms with van der Waals surface area (Å²) in [6, 6.07) is 13.8. The lowest BCUT2D eigenvalue weighted by Crippen LogP contribution is -2.47. The first-order valence-electron chi connectivity index (χ1n) is 8.23. The van der Waals surface area contributed by atoms with Gasteiger partial charge in [-0.2, -0.15) is 0 Å². The number of anilines is 1. The Hall–Kier alpha value is -2.82. The number of rotatable bonds is 6. The van der Waals surface area contributed by atoms with Crippen LogP contribution in [0.4, 0.5) is 5.69 Å². The molecule has 2 rings (SSSR count). The maximum Gasteiger partial charge on any atom is 0.252 e. The molecule has 5 heteroatoms. The molecule has 0 aliphatic heterocycles. The average molecular weight is 340 g/mol. The summed E-state index contributed by atoms with van der Waals surface area (Å²) in [4.78, 5) is 25.2. The van der Waals surface area contributed by atoms with Crippen molar-refractivity contribution in [1.82, 2.24) is 5.32 Å². The molecule has 1 unspecified atom stereocenters. The second-order valence-electron chi connectivity index (χ2n) is 6.23. The molecule has 0 radical (unpaired) electrons. The van der Waals surface area contributed by atoms with Crippen LogP contribution in [0.15, 0.2) is 48.5 Å². The molecule has 0 aromatic heterocycles. The Bertz CT molecular complexity index is 756. The van der Waals surface area contributed by atoms with Crippen LogP contribution in [-0.2, 0) is 4.79 Å². The van der Waals surface area contributed by atoms with Crippen LogP contribution in [0.5, 0.6) is 5.75 Å². The average Bonchev–Trinajstić information content (AvgIpc) is 2.59. The van der Waals surface area contributed by atoms with Gasteiger partial charge in [-0.1, -0.05) is 38.1 Å². The zero-order chi connectivity index (χ0) is 18.4. The summed E-state index contributed by atoms with van der Waals surface area (Å²) in [5.74, 6) is 0.0872. The number of aryl methyl sites for hydroxylation is 1. The first-order valence-corrected chi connectivity index (χ1v) is 8.23. The zero-order valence-electron chi connectivity index (χ0n) is 15.0. The maximum atomic E-state index is 12.6. The summed E-state index contributed by atoms with van der Waals surface area (Å²) in [5.41, 5.74) is 2.07. The Labute approximate surface area is 148 Å². The van der Waals surface area contributed by atoms with E-state index >= 15 is 0 Å². The van der Waals surface area contributed by atoms with Gasteiger partial charge >= 0.3 is 0 Å². The van der Waals surface area contributed by atoms with Crippen molar-refractivity contribution in [2.75, 3.05) is 12.4 Å². The fraction of sp³-hybridized carbons (Fsp3) is 0.300. The Kier molecular flexibility index (Phi) is 6.17. The second-order valence-corrected chi connectivity index (χ2v) is 6.23. The SMILES string of the molecule is COc1cccc(NC(=O)C(NC(=O)c2ccccc2C)C(C)C)c1. The highest BCUT2D eigenvalue weighted by molar-refractivity contribution is 6.01. The van der Waals surface area contributed by atoms with Gasteiger partial charge in [0.1, 0.15) is 11.8 Å². The summed E-state index contributed by atoms with van der Waals surface area (Å²) < 4.78 is 5.16. The number of carbonyl (C=O) groups excluding carboxylic acids is 2. The number of hydrogen-bond acceptors (Lipinski definition) is 3. The molecule has 0 heterocycles. The van der Waals surface area contributed by atoms with Crippen molar-refractivity contribution in [2.24, 2.45) is 5.92 Å². The standard InChI is InChI=1S/C20H24N2O3/c1-13(2)18(22-19(23)17-11-6-5-8-14(17)3)20(24)21-15-9-7-10-16(12-15)25-4/h5-13,18H,1-4H3,(H,21,24)(H,22,23). The third-order valence-electron chi connectivity index (χ3n) is 3.96. The van der Waals surface area contributed by atoms with Crippen LogP contribution in [0.3, 0.4) is 0 Å². The molecule has 5 nitrogen and oxygen atoms in total. The van der Waals surface area contributed by atoms with Crippen molar-refractivity contribution in [3.05, 3.63) is 59.7 Å². The summed E-state index contributed by atoms with van der Waals surface area (Å²) >= 11 is 0. The Morgan fingerprint density at radius 2 is 1.76 bits per heavy atom. The van der Waals surface area contributed by atoms with Gasteiger partial charge in [-0.15, -0.1) is 0 Å². The third-order valence-corrected chi connectivity index (χ3v) is 3.96. The van der Waals surface area contributed by atoms with Gasteiger partial charge in [-0.05, 0) is 36.6 Å². The van der Waals surface area contributed by atoms with Gasteiger partial charge in [-0.25, -0.2) is 0 Å². The molecule has 1 atom stereocenters. The summed E-state index contributed by atoms with van der Waals surface area (Å²) in [6.07, 6.45) is 0. The van der Waals surface area contributed by atoms with E-state index in [4.69, 9.17) is 4.74 Å². The van der Waals surface area contributed by atoms with Crippen molar-refractivity contribution >= 4 is 17.5 Å². The van der Waals surface area contributed by atoms with Gasteiger partial charge in [0.05, 0.1) is 7.11 Å². The number of nitrogens with one attached hydrogen (secondary N) is 2. The fourth-order valence-corrected chi connectivity index (χ4v) is 2.50. The van der Waals surface area contributed by atoms with Gasteiger partial charge in [0.25, 0.3) is 5.91 Å². The van der Waals surface area contributed by atoms with E-state index in [1.807, 2.05) is 39.0 Å². The topological polar surface area (TPSA) is 67.4 Å². The van der Waals surface area contributed by atoms with E-state index < -0.39 is 6.04 Å². The summed E-state index contributed by atoms with van der Waals surface area (Å²) in [7, 11) is 1.57. The van der Waals surface area contributed by atoms with Crippen LogP contribution in [0, 0.1) is 12.8 Å². The quantitative estimate of drug-likeness (QED) is 0.847. The van der Waals surface area contributed by atoms with Crippen molar-refractivity contribution < 1.29 is 14.3 Å². The molecule has 2 amide bonds. The molecule has 0 aliphatic carbocycles. The number of benzene rings is 2. The molecule has 0 aliphatic rings. The Balaban J connectivity index is 2.13. The van der Waals surface area contributed by atoms with Gasteiger partial charge in [0.15, 0.2) is 0 Å². The minimum absolute atomic E-state index is 0.0569. The first kappa shape index (κ1) is 18.5. The van der Waals surface area contributed by atoms with Crippen LogP contribution in [0.1, 0.15) is 29.8 Å². The molecule has 25 heavy (non-hydrogen) atoms. The lowest BCUT2D eigenvalue weighted by atomic mass is 10.0. The Morgan fingerprint density at radius 1 is 1.04 bits per heavy atom. The van der Waals surface area contributed by atoms with Crippen molar-refractivity contribution in [1.29, 1.82) is 0 Å². The molecular weight excluding hydrogens is 316 g/mol. The third kappa shape index (κ3) is 4.83. The normalized spacial score (nSPS) is 11.7. The van der Waals surface area contributed by atoms with Crippen molar-refractivity contribution in [2.45, 2.75) is 26.8 Å². The predicted octanol–water partition coefficient (Wildman–Crippen LogP) is 3.40. The van der Waals surface area contributed by atoms with Crippen LogP contribution < -0.4 is 15.4 Å². The largest absolute Gasteiger partial charge is 0.497 e. The molecule has 2 aromatic rings. The highest BCUT2D eigenvalue weighted by Gasteiger charge is 2.25. The lowest BCUT2D eigenvalue weighted by molar-refractivity contribution is -0.118. The van der Waals surface area contributed by atoms with Crippen LogP contribution in [-0.4, -0.2) is 25.0 Å². The number of ether oxygens (including phenoxy) is 1. The van der Waals surface area contributed by atoms with Crippen molar-refractivity contribution in [3.8, 4) is 5.75 Å². The van der Waals surface area contributed by atoms with Gasteiger partial charge < -0.3 is 15.4 Å². The molecule has 0 saturated heterocycles. The zero-order valence-corrected chi connectivity index (χ0v) is 15.0. The molecular formula is C20H24N2O3. The molecule has 0 spiro atoms. The summed E-state index contributed by atoms with van der Waals surface area (Å²) in [6.45, 7) is 5.66. The molecule has 0 bridgehead atoms. The predicted molar refractivity (Wildman–Crippen MR) is 98.9 cm³/mol. The molecule has 0 saturated carbocycles. The minimum Gasteiger partial charge on any atom is -0.497 e. The van der Waals surface area contributed by atoms with E-state index in [1.54, 1.807) is 37.4 Å². The van der Waals surface area contributed by atoms with Crippen molar-refractivity contribution in [3.63, 3.8) is 0 Å². The second kappa shape index (κ2) is 8.33. The molecule has 2 N–H and O–H groups in total. The number of methoxy groups -OCH3 is 1. The van der Waals surface area contributed by atoms with E-state index in [1.165, 1.54) is 0 Å². The van der Waals surface area contributed by atoms with Crippen LogP contribution in [0.2, 0.25) is 0 Å².